The van der Waals surface area contributed by atoms with E-state index in [-0.39, 0.29) is 6.04 Å². The maximum atomic E-state index is 6.13. The van der Waals surface area contributed by atoms with E-state index < -0.39 is 0 Å². The van der Waals surface area contributed by atoms with Crippen LogP contribution in [0.25, 0.3) is 0 Å². The topological polar surface area (TPSA) is 43.8 Å². The van der Waals surface area contributed by atoms with Gasteiger partial charge in [0.1, 0.15) is 0 Å². The molecule has 1 heterocycles. The Morgan fingerprint density at radius 3 is 2.44 bits per heavy atom. The second kappa shape index (κ2) is 4.49. The highest BCUT2D eigenvalue weighted by atomic mass is 15.3. The molecule has 0 radical (unpaired) electrons. The van der Waals surface area contributed by atoms with Gasteiger partial charge in [0.2, 0.25) is 0 Å². The number of hydrogen-bond acceptors (Lipinski definition) is 2. The van der Waals surface area contributed by atoms with Gasteiger partial charge in [-0.2, -0.15) is 5.10 Å². The number of benzene rings is 1. The van der Waals surface area contributed by atoms with Crippen molar-refractivity contribution in [1.82, 2.24) is 9.78 Å². The van der Waals surface area contributed by atoms with Gasteiger partial charge in [-0.1, -0.05) is 29.8 Å². The summed E-state index contributed by atoms with van der Waals surface area (Å²) in [5.41, 5.74) is 9.70. The van der Waals surface area contributed by atoms with E-state index >= 15 is 0 Å². The first kappa shape index (κ1) is 10.9. The largest absolute Gasteiger partial charge is 0.322 e. The van der Waals surface area contributed by atoms with Crippen molar-refractivity contribution in [2.24, 2.45) is 5.73 Å². The standard InChI is InChI=1S/C13H17N3/c1-10-3-5-12(6-4-10)13(14)9-16-8-11(2)7-15-16/h3-8,13H,9,14H2,1-2H3. The Hall–Kier alpha value is -1.61. The van der Waals surface area contributed by atoms with Gasteiger partial charge < -0.3 is 5.73 Å². The highest BCUT2D eigenvalue weighted by Gasteiger charge is 2.06. The van der Waals surface area contributed by atoms with Gasteiger partial charge in [-0.15, -0.1) is 0 Å². The van der Waals surface area contributed by atoms with Gasteiger partial charge in [0, 0.05) is 12.2 Å². The molecule has 0 spiro atoms. The molecule has 2 aromatic rings. The molecule has 0 aliphatic rings. The molecule has 84 valence electrons. The molecule has 16 heavy (non-hydrogen) atoms. The molecule has 1 aromatic heterocycles. The van der Waals surface area contributed by atoms with Crippen LogP contribution in [0.4, 0.5) is 0 Å². The Labute approximate surface area is 95.9 Å². The maximum Gasteiger partial charge on any atom is 0.0602 e. The fraction of sp³-hybridized carbons (Fsp3) is 0.308. The van der Waals surface area contributed by atoms with E-state index in [1.165, 1.54) is 5.56 Å². The zero-order valence-electron chi connectivity index (χ0n) is 9.72. The predicted molar refractivity (Wildman–Crippen MR) is 65.1 cm³/mol. The van der Waals surface area contributed by atoms with Crippen LogP contribution in [0.2, 0.25) is 0 Å². The summed E-state index contributed by atoms with van der Waals surface area (Å²) < 4.78 is 1.89. The molecule has 1 atom stereocenters. The summed E-state index contributed by atoms with van der Waals surface area (Å²) in [4.78, 5) is 0. The van der Waals surface area contributed by atoms with Gasteiger partial charge in [-0.05, 0) is 25.0 Å². The van der Waals surface area contributed by atoms with Crippen LogP contribution >= 0.6 is 0 Å². The van der Waals surface area contributed by atoms with Crippen LogP contribution < -0.4 is 5.73 Å². The molecule has 2 rings (SSSR count). The van der Waals surface area contributed by atoms with Gasteiger partial charge in [0.05, 0.1) is 12.7 Å². The smallest absolute Gasteiger partial charge is 0.0602 e. The molecular formula is C13H17N3. The second-order valence-corrected chi connectivity index (χ2v) is 4.26. The zero-order chi connectivity index (χ0) is 11.5. The minimum Gasteiger partial charge on any atom is -0.322 e. The van der Waals surface area contributed by atoms with Crippen LogP contribution in [0.1, 0.15) is 22.7 Å². The summed E-state index contributed by atoms with van der Waals surface area (Å²) in [7, 11) is 0. The zero-order valence-corrected chi connectivity index (χ0v) is 9.72. The normalized spacial score (nSPS) is 12.7. The monoisotopic (exact) mass is 215 g/mol. The van der Waals surface area contributed by atoms with Crippen molar-refractivity contribution in [3.8, 4) is 0 Å². The van der Waals surface area contributed by atoms with Crippen LogP contribution in [0, 0.1) is 13.8 Å². The van der Waals surface area contributed by atoms with E-state index in [1.54, 1.807) is 0 Å². The Morgan fingerprint density at radius 1 is 1.19 bits per heavy atom. The summed E-state index contributed by atoms with van der Waals surface area (Å²) in [6, 6.07) is 8.33. The fourth-order valence-corrected chi connectivity index (χ4v) is 1.69. The average molecular weight is 215 g/mol. The van der Waals surface area contributed by atoms with Crippen LogP contribution in [0.5, 0.6) is 0 Å². The first-order valence-corrected chi connectivity index (χ1v) is 5.46. The SMILES string of the molecule is Cc1ccc(C(N)Cn2cc(C)cn2)cc1. The third-order valence-corrected chi connectivity index (χ3v) is 2.65. The van der Waals surface area contributed by atoms with E-state index in [2.05, 4.69) is 36.3 Å². The molecule has 1 aromatic carbocycles. The van der Waals surface area contributed by atoms with Gasteiger partial charge >= 0.3 is 0 Å². The lowest BCUT2D eigenvalue weighted by molar-refractivity contribution is 0.527. The summed E-state index contributed by atoms with van der Waals surface area (Å²) in [6.45, 7) is 4.82. The van der Waals surface area contributed by atoms with E-state index in [0.29, 0.717) is 0 Å². The van der Waals surface area contributed by atoms with Crippen molar-refractivity contribution in [2.75, 3.05) is 0 Å². The number of nitrogens with two attached hydrogens (primary N) is 1. The molecule has 3 heteroatoms. The third kappa shape index (κ3) is 2.49. The van der Waals surface area contributed by atoms with E-state index in [0.717, 1.165) is 17.7 Å². The lowest BCUT2D eigenvalue weighted by Gasteiger charge is -2.12. The lowest BCUT2D eigenvalue weighted by Crippen LogP contribution is -2.17. The minimum atomic E-state index is -0.0000926. The molecule has 1 unspecified atom stereocenters. The number of aryl methyl sites for hydroxylation is 2. The summed E-state index contributed by atoms with van der Waals surface area (Å²) in [6.07, 6.45) is 3.86. The van der Waals surface area contributed by atoms with E-state index in [1.807, 2.05) is 24.0 Å². The fourth-order valence-electron chi connectivity index (χ4n) is 1.69. The van der Waals surface area contributed by atoms with E-state index in [4.69, 9.17) is 5.73 Å². The minimum absolute atomic E-state index is 0.0000926. The molecule has 0 bridgehead atoms. The Bertz CT molecular complexity index is 456. The molecule has 0 aliphatic carbocycles. The van der Waals surface area contributed by atoms with Crippen LogP contribution in [0.3, 0.4) is 0 Å². The number of hydrogen-bond donors (Lipinski definition) is 1. The first-order valence-electron chi connectivity index (χ1n) is 5.46. The average Bonchev–Trinajstić information content (AvgIpc) is 2.65. The number of aromatic nitrogens is 2. The lowest BCUT2D eigenvalue weighted by atomic mass is 10.1. The molecule has 0 fully saturated rings. The van der Waals surface area contributed by atoms with Crippen molar-refractivity contribution in [2.45, 2.75) is 26.4 Å². The van der Waals surface area contributed by atoms with Gasteiger partial charge in [-0.25, -0.2) is 0 Å². The maximum absolute atomic E-state index is 6.13. The summed E-state index contributed by atoms with van der Waals surface area (Å²) in [5.74, 6) is 0. The van der Waals surface area contributed by atoms with Crippen LogP contribution in [-0.4, -0.2) is 9.78 Å². The number of nitrogens with zero attached hydrogens (tertiary/aromatic N) is 2. The Balaban J connectivity index is 2.08. The Kier molecular flexibility index (Phi) is 3.06. The van der Waals surface area contributed by atoms with Crippen molar-refractivity contribution >= 4 is 0 Å². The highest BCUT2D eigenvalue weighted by molar-refractivity contribution is 5.23. The van der Waals surface area contributed by atoms with Crippen molar-refractivity contribution < 1.29 is 0 Å². The predicted octanol–water partition coefficient (Wildman–Crippen LogP) is 2.20. The molecule has 0 aliphatic heterocycles. The van der Waals surface area contributed by atoms with Crippen molar-refractivity contribution in [1.29, 1.82) is 0 Å². The van der Waals surface area contributed by atoms with Gasteiger partial charge in [0.25, 0.3) is 0 Å². The van der Waals surface area contributed by atoms with Gasteiger partial charge in [-0.3, -0.25) is 4.68 Å². The Morgan fingerprint density at radius 2 is 1.88 bits per heavy atom. The molecular weight excluding hydrogens is 198 g/mol. The molecule has 3 nitrogen and oxygen atoms in total. The highest BCUT2D eigenvalue weighted by Crippen LogP contribution is 2.13. The number of rotatable bonds is 3. The van der Waals surface area contributed by atoms with Crippen LogP contribution in [0.15, 0.2) is 36.7 Å². The van der Waals surface area contributed by atoms with E-state index in [9.17, 15) is 0 Å². The second-order valence-electron chi connectivity index (χ2n) is 4.26. The van der Waals surface area contributed by atoms with Crippen molar-refractivity contribution in [3.63, 3.8) is 0 Å². The quantitative estimate of drug-likeness (QED) is 0.853. The summed E-state index contributed by atoms with van der Waals surface area (Å²) >= 11 is 0. The summed E-state index contributed by atoms with van der Waals surface area (Å²) in [5, 5.41) is 4.24. The van der Waals surface area contributed by atoms with Crippen LogP contribution in [-0.2, 0) is 6.54 Å². The molecule has 2 N–H and O–H groups in total. The third-order valence-electron chi connectivity index (χ3n) is 2.65. The first-order chi connectivity index (χ1) is 7.65. The molecule has 0 saturated carbocycles. The van der Waals surface area contributed by atoms with Gasteiger partial charge in [0.15, 0.2) is 0 Å². The molecule has 0 saturated heterocycles. The van der Waals surface area contributed by atoms with Crippen molar-refractivity contribution in [3.05, 3.63) is 53.3 Å². The molecule has 0 amide bonds.